The van der Waals surface area contributed by atoms with Crippen LogP contribution in [0.3, 0.4) is 0 Å². The Bertz CT molecular complexity index is 554. The number of hydrogen-bond acceptors (Lipinski definition) is 4. The summed E-state index contributed by atoms with van der Waals surface area (Å²) in [6.45, 7) is 3.18. The Hall–Kier alpha value is -1.81. The fraction of sp³-hybridized carbons (Fsp3) is 0.400. The van der Waals surface area contributed by atoms with Crippen molar-refractivity contribution in [2.45, 2.75) is 19.4 Å². The lowest BCUT2D eigenvalue weighted by Crippen LogP contribution is -2.23. The molecule has 0 saturated carbocycles. The Kier molecular flexibility index (Phi) is 4.22. The van der Waals surface area contributed by atoms with Crippen molar-refractivity contribution in [3.8, 4) is 5.75 Å². The molecule has 1 unspecified atom stereocenters. The van der Waals surface area contributed by atoms with Crippen LogP contribution >= 0.6 is 0 Å². The SMILES string of the molecule is CC(CCN(C)C)Nc1nccc2ccc(O)cc12. The molecule has 2 N–H and O–H groups in total. The van der Waals surface area contributed by atoms with E-state index in [4.69, 9.17) is 0 Å². The Morgan fingerprint density at radius 3 is 2.84 bits per heavy atom. The lowest BCUT2D eigenvalue weighted by molar-refractivity contribution is 0.390. The first-order chi connectivity index (χ1) is 9.06. The average molecular weight is 259 g/mol. The second-order valence-corrected chi connectivity index (χ2v) is 5.20. The predicted molar refractivity (Wildman–Crippen MR) is 79.7 cm³/mol. The summed E-state index contributed by atoms with van der Waals surface area (Å²) in [7, 11) is 4.14. The summed E-state index contributed by atoms with van der Waals surface area (Å²) in [6.07, 6.45) is 2.84. The van der Waals surface area contributed by atoms with E-state index in [0.29, 0.717) is 6.04 Å². The topological polar surface area (TPSA) is 48.4 Å². The zero-order valence-electron chi connectivity index (χ0n) is 11.7. The van der Waals surface area contributed by atoms with Gasteiger partial charge >= 0.3 is 0 Å². The average Bonchev–Trinajstić information content (AvgIpc) is 2.37. The second kappa shape index (κ2) is 5.89. The first-order valence-corrected chi connectivity index (χ1v) is 6.55. The normalized spacial score (nSPS) is 12.8. The number of nitrogens with zero attached hydrogens (tertiary/aromatic N) is 2. The van der Waals surface area contributed by atoms with E-state index in [0.717, 1.165) is 29.6 Å². The van der Waals surface area contributed by atoms with Gasteiger partial charge in [0.1, 0.15) is 11.6 Å². The number of benzene rings is 1. The smallest absolute Gasteiger partial charge is 0.134 e. The molecule has 1 heterocycles. The van der Waals surface area contributed by atoms with Crippen molar-refractivity contribution >= 4 is 16.6 Å². The number of phenols is 1. The third kappa shape index (κ3) is 3.58. The number of pyridine rings is 1. The molecule has 1 aromatic carbocycles. The number of rotatable bonds is 5. The van der Waals surface area contributed by atoms with Crippen molar-refractivity contribution in [2.75, 3.05) is 26.0 Å². The minimum atomic E-state index is 0.268. The molecule has 0 saturated heterocycles. The first-order valence-electron chi connectivity index (χ1n) is 6.55. The van der Waals surface area contributed by atoms with Crippen LogP contribution in [0.15, 0.2) is 30.5 Å². The van der Waals surface area contributed by atoms with E-state index in [1.54, 1.807) is 18.3 Å². The highest BCUT2D eigenvalue weighted by atomic mass is 16.3. The molecule has 0 bridgehead atoms. The number of fused-ring (bicyclic) bond motifs is 1. The molecular formula is C15H21N3O. The maximum absolute atomic E-state index is 9.60. The first kappa shape index (κ1) is 13.6. The Labute approximate surface area is 114 Å². The summed E-state index contributed by atoms with van der Waals surface area (Å²) in [5.74, 6) is 1.10. The molecule has 0 aliphatic rings. The van der Waals surface area contributed by atoms with Crippen molar-refractivity contribution in [3.05, 3.63) is 30.5 Å². The number of nitrogens with one attached hydrogen (secondary N) is 1. The van der Waals surface area contributed by atoms with Crippen LogP contribution in [0.5, 0.6) is 5.75 Å². The van der Waals surface area contributed by atoms with Gasteiger partial charge in [-0.1, -0.05) is 6.07 Å². The Morgan fingerprint density at radius 1 is 1.32 bits per heavy atom. The van der Waals surface area contributed by atoms with Gasteiger partial charge in [0.15, 0.2) is 0 Å². The van der Waals surface area contributed by atoms with Crippen LogP contribution in [0.1, 0.15) is 13.3 Å². The van der Waals surface area contributed by atoms with Gasteiger partial charge in [0.05, 0.1) is 0 Å². The van der Waals surface area contributed by atoms with Crippen molar-refractivity contribution in [1.29, 1.82) is 0 Å². The lowest BCUT2D eigenvalue weighted by atomic mass is 10.1. The molecule has 4 heteroatoms. The Balaban J connectivity index is 2.18. The molecule has 0 radical (unpaired) electrons. The van der Waals surface area contributed by atoms with Gasteiger partial charge < -0.3 is 15.3 Å². The van der Waals surface area contributed by atoms with Gasteiger partial charge in [-0.25, -0.2) is 4.98 Å². The highest BCUT2D eigenvalue weighted by Gasteiger charge is 2.07. The molecule has 2 aromatic rings. The van der Waals surface area contributed by atoms with E-state index in [1.807, 2.05) is 12.1 Å². The largest absolute Gasteiger partial charge is 0.508 e. The monoisotopic (exact) mass is 259 g/mol. The molecule has 19 heavy (non-hydrogen) atoms. The maximum Gasteiger partial charge on any atom is 0.134 e. The van der Waals surface area contributed by atoms with E-state index in [2.05, 4.69) is 36.2 Å². The van der Waals surface area contributed by atoms with E-state index in [-0.39, 0.29) is 5.75 Å². The van der Waals surface area contributed by atoms with Gasteiger partial charge in [0.2, 0.25) is 0 Å². The van der Waals surface area contributed by atoms with Crippen molar-refractivity contribution < 1.29 is 5.11 Å². The van der Waals surface area contributed by atoms with E-state index in [1.165, 1.54) is 0 Å². The highest BCUT2D eigenvalue weighted by molar-refractivity contribution is 5.92. The summed E-state index contributed by atoms with van der Waals surface area (Å²) in [4.78, 5) is 6.55. The van der Waals surface area contributed by atoms with Crippen LogP contribution in [-0.2, 0) is 0 Å². The molecule has 0 amide bonds. The summed E-state index contributed by atoms with van der Waals surface area (Å²) in [5, 5.41) is 15.1. The standard InChI is InChI=1S/C15H21N3O/c1-11(7-9-18(2)3)17-15-14-10-13(19)5-4-12(14)6-8-16-15/h4-6,8,10-11,19H,7,9H2,1-3H3,(H,16,17). The number of aromatic nitrogens is 1. The van der Waals surface area contributed by atoms with Gasteiger partial charge in [-0.05, 0) is 57.6 Å². The van der Waals surface area contributed by atoms with Crippen LogP contribution < -0.4 is 5.32 Å². The Morgan fingerprint density at radius 2 is 2.11 bits per heavy atom. The van der Waals surface area contributed by atoms with Gasteiger partial charge in [-0.2, -0.15) is 0 Å². The number of phenolic OH excluding ortho intramolecular Hbond substituents is 1. The number of aromatic hydroxyl groups is 1. The van der Waals surface area contributed by atoms with Crippen LogP contribution in [0.2, 0.25) is 0 Å². The molecule has 102 valence electrons. The molecule has 0 aliphatic heterocycles. The number of hydrogen-bond donors (Lipinski definition) is 2. The minimum absolute atomic E-state index is 0.268. The molecular weight excluding hydrogens is 238 g/mol. The predicted octanol–water partition coefficient (Wildman–Crippen LogP) is 2.69. The summed E-state index contributed by atoms with van der Waals surface area (Å²) >= 11 is 0. The van der Waals surface area contributed by atoms with Gasteiger partial charge in [-0.15, -0.1) is 0 Å². The third-order valence-corrected chi connectivity index (χ3v) is 3.14. The van der Waals surface area contributed by atoms with Crippen molar-refractivity contribution in [2.24, 2.45) is 0 Å². The fourth-order valence-electron chi connectivity index (χ4n) is 2.03. The third-order valence-electron chi connectivity index (χ3n) is 3.14. The minimum Gasteiger partial charge on any atom is -0.508 e. The maximum atomic E-state index is 9.60. The molecule has 0 aliphatic carbocycles. The van der Waals surface area contributed by atoms with Crippen LogP contribution in [0, 0.1) is 0 Å². The number of anilines is 1. The van der Waals surface area contributed by atoms with Crippen LogP contribution in [0.4, 0.5) is 5.82 Å². The van der Waals surface area contributed by atoms with Gasteiger partial charge in [0.25, 0.3) is 0 Å². The molecule has 4 nitrogen and oxygen atoms in total. The van der Waals surface area contributed by atoms with Crippen molar-refractivity contribution in [3.63, 3.8) is 0 Å². The zero-order chi connectivity index (χ0) is 13.8. The van der Waals surface area contributed by atoms with E-state index in [9.17, 15) is 5.11 Å². The molecule has 1 atom stereocenters. The molecule has 0 spiro atoms. The quantitative estimate of drug-likeness (QED) is 0.866. The summed E-state index contributed by atoms with van der Waals surface area (Å²) in [5.41, 5.74) is 0. The van der Waals surface area contributed by atoms with Gasteiger partial charge in [-0.3, -0.25) is 0 Å². The molecule has 1 aromatic heterocycles. The highest BCUT2D eigenvalue weighted by Crippen LogP contribution is 2.25. The van der Waals surface area contributed by atoms with Crippen LogP contribution in [-0.4, -0.2) is 41.7 Å². The lowest BCUT2D eigenvalue weighted by Gasteiger charge is -2.18. The van der Waals surface area contributed by atoms with E-state index < -0.39 is 0 Å². The van der Waals surface area contributed by atoms with E-state index >= 15 is 0 Å². The fourth-order valence-corrected chi connectivity index (χ4v) is 2.03. The second-order valence-electron chi connectivity index (χ2n) is 5.20. The summed E-state index contributed by atoms with van der Waals surface area (Å²) < 4.78 is 0. The molecule has 0 fully saturated rings. The molecule has 2 rings (SSSR count). The summed E-state index contributed by atoms with van der Waals surface area (Å²) in [6, 6.07) is 7.64. The van der Waals surface area contributed by atoms with Crippen LogP contribution in [0.25, 0.3) is 10.8 Å². The zero-order valence-corrected chi connectivity index (χ0v) is 11.7. The van der Waals surface area contributed by atoms with Crippen molar-refractivity contribution in [1.82, 2.24) is 9.88 Å². The van der Waals surface area contributed by atoms with Gasteiger partial charge in [0, 0.05) is 17.6 Å².